The summed E-state index contributed by atoms with van der Waals surface area (Å²) >= 11 is 0. The number of nitrogens with one attached hydrogen (secondary N) is 1. The van der Waals surface area contributed by atoms with Gasteiger partial charge in [-0.2, -0.15) is 0 Å². The van der Waals surface area contributed by atoms with Gasteiger partial charge >= 0.3 is 5.97 Å². The van der Waals surface area contributed by atoms with E-state index >= 15 is 0 Å². The van der Waals surface area contributed by atoms with Crippen LogP contribution in [-0.4, -0.2) is 47.8 Å². The van der Waals surface area contributed by atoms with E-state index in [0.29, 0.717) is 12.5 Å². The maximum atomic E-state index is 12.6. The summed E-state index contributed by atoms with van der Waals surface area (Å²) in [6, 6.07) is 5.36. The third kappa shape index (κ3) is 4.72. The van der Waals surface area contributed by atoms with Gasteiger partial charge in [0.05, 0.1) is 11.1 Å². The van der Waals surface area contributed by atoms with Gasteiger partial charge < -0.3 is 10.1 Å². The average molecular weight is 374 g/mol. The summed E-state index contributed by atoms with van der Waals surface area (Å²) in [7, 11) is 0. The molecule has 0 saturated heterocycles. The second kappa shape index (κ2) is 8.79. The smallest absolute Gasteiger partial charge is 0.330 e. The number of carbonyl (C=O) groups excluding carboxylic acids is 4. The van der Waals surface area contributed by atoms with Gasteiger partial charge in [-0.05, 0) is 30.4 Å². The number of benzene rings is 1. The fourth-order valence-electron chi connectivity index (χ4n) is 2.91. The van der Waals surface area contributed by atoms with Gasteiger partial charge in [0.15, 0.2) is 6.61 Å². The SMILES string of the molecule is CC(C)CCNC(=O)COC(=O)[C@H](C(C)C)N1C(=O)c2ccccc2C1=O. The number of amides is 3. The number of imide groups is 1. The summed E-state index contributed by atoms with van der Waals surface area (Å²) in [5, 5.41) is 2.68. The minimum atomic E-state index is -1.08. The van der Waals surface area contributed by atoms with Crippen LogP contribution in [0.15, 0.2) is 24.3 Å². The molecular weight excluding hydrogens is 348 g/mol. The van der Waals surface area contributed by atoms with Gasteiger partial charge in [0.25, 0.3) is 17.7 Å². The molecule has 1 aromatic carbocycles. The van der Waals surface area contributed by atoms with Crippen LogP contribution in [0.5, 0.6) is 0 Å². The summed E-state index contributed by atoms with van der Waals surface area (Å²) in [4.78, 5) is 50.5. The maximum Gasteiger partial charge on any atom is 0.330 e. The van der Waals surface area contributed by atoms with E-state index in [-0.39, 0.29) is 17.0 Å². The molecular formula is C20H26N2O5. The van der Waals surface area contributed by atoms with Crippen LogP contribution in [0.2, 0.25) is 0 Å². The number of nitrogens with zero attached hydrogens (tertiary/aromatic N) is 1. The Morgan fingerprint density at radius 3 is 2.07 bits per heavy atom. The first-order chi connectivity index (χ1) is 12.7. The molecule has 0 unspecified atom stereocenters. The van der Waals surface area contributed by atoms with E-state index in [1.165, 1.54) is 0 Å². The fraction of sp³-hybridized carbons (Fsp3) is 0.500. The fourth-order valence-corrected chi connectivity index (χ4v) is 2.91. The van der Waals surface area contributed by atoms with E-state index in [1.54, 1.807) is 38.1 Å². The summed E-state index contributed by atoms with van der Waals surface area (Å²) in [6.45, 7) is 7.59. The van der Waals surface area contributed by atoms with Crippen molar-refractivity contribution in [1.82, 2.24) is 10.2 Å². The van der Waals surface area contributed by atoms with Crippen LogP contribution in [0.4, 0.5) is 0 Å². The molecule has 146 valence electrons. The Bertz CT molecular complexity index is 707. The van der Waals surface area contributed by atoms with Gasteiger partial charge in [-0.15, -0.1) is 0 Å². The third-order valence-electron chi connectivity index (χ3n) is 4.37. The lowest BCUT2D eigenvalue weighted by atomic mass is 10.0. The van der Waals surface area contributed by atoms with Gasteiger partial charge in [-0.3, -0.25) is 19.3 Å². The molecule has 1 aliphatic heterocycles. The Balaban J connectivity index is 2.03. The summed E-state index contributed by atoms with van der Waals surface area (Å²) in [6.07, 6.45) is 0.823. The van der Waals surface area contributed by atoms with Gasteiger partial charge in [0.1, 0.15) is 6.04 Å². The van der Waals surface area contributed by atoms with Crippen molar-refractivity contribution in [3.05, 3.63) is 35.4 Å². The Morgan fingerprint density at radius 2 is 1.59 bits per heavy atom. The maximum absolute atomic E-state index is 12.6. The van der Waals surface area contributed by atoms with Crippen LogP contribution in [0.1, 0.15) is 54.8 Å². The molecule has 1 aliphatic rings. The molecule has 0 fully saturated rings. The number of rotatable bonds is 8. The number of hydrogen-bond donors (Lipinski definition) is 1. The molecule has 0 bridgehead atoms. The van der Waals surface area contributed by atoms with E-state index in [0.717, 1.165) is 11.3 Å². The van der Waals surface area contributed by atoms with Gasteiger partial charge in [0, 0.05) is 6.54 Å². The lowest BCUT2D eigenvalue weighted by Gasteiger charge is -2.27. The monoisotopic (exact) mass is 374 g/mol. The van der Waals surface area contributed by atoms with Crippen molar-refractivity contribution in [3.63, 3.8) is 0 Å². The van der Waals surface area contributed by atoms with Gasteiger partial charge in [0.2, 0.25) is 0 Å². The van der Waals surface area contributed by atoms with E-state index < -0.39 is 36.3 Å². The average Bonchev–Trinajstić information content (AvgIpc) is 2.85. The molecule has 0 aromatic heterocycles. The highest BCUT2D eigenvalue weighted by Crippen LogP contribution is 2.27. The normalized spacial score (nSPS) is 14.5. The molecule has 0 spiro atoms. The number of fused-ring (bicyclic) bond motifs is 1. The molecule has 27 heavy (non-hydrogen) atoms. The van der Waals surface area contributed by atoms with Crippen LogP contribution < -0.4 is 5.32 Å². The second-order valence-corrected chi connectivity index (χ2v) is 7.35. The Kier molecular flexibility index (Phi) is 6.71. The Hall–Kier alpha value is -2.70. The molecule has 0 radical (unpaired) electrons. The minimum absolute atomic E-state index is 0.271. The lowest BCUT2D eigenvalue weighted by molar-refractivity contribution is -0.153. The van der Waals surface area contributed by atoms with Crippen LogP contribution in [-0.2, 0) is 14.3 Å². The molecule has 2 rings (SSSR count). The van der Waals surface area contributed by atoms with Crippen molar-refractivity contribution in [3.8, 4) is 0 Å². The zero-order valence-electron chi connectivity index (χ0n) is 16.2. The standard InChI is InChI=1S/C20H26N2O5/c1-12(2)9-10-21-16(23)11-27-20(26)17(13(3)4)22-18(24)14-7-5-6-8-15(14)19(22)25/h5-8,12-13,17H,9-11H2,1-4H3,(H,21,23)/t17-/m0/s1. The summed E-state index contributed by atoms with van der Waals surface area (Å²) < 4.78 is 5.10. The lowest BCUT2D eigenvalue weighted by Crippen LogP contribution is -2.49. The first-order valence-corrected chi connectivity index (χ1v) is 9.14. The quantitative estimate of drug-likeness (QED) is 0.555. The number of ether oxygens (including phenoxy) is 1. The zero-order chi connectivity index (χ0) is 20.1. The first kappa shape index (κ1) is 20.6. The van der Waals surface area contributed by atoms with E-state index in [4.69, 9.17) is 4.74 Å². The van der Waals surface area contributed by atoms with E-state index in [9.17, 15) is 19.2 Å². The predicted octanol–water partition coefficient (Wildman–Crippen LogP) is 2.01. The van der Waals surface area contributed by atoms with Crippen molar-refractivity contribution in [1.29, 1.82) is 0 Å². The largest absolute Gasteiger partial charge is 0.454 e. The van der Waals surface area contributed by atoms with E-state index in [2.05, 4.69) is 5.32 Å². The molecule has 1 aromatic rings. The minimum Gasteiger partial charge on any atom is -0.454 e. The molecule has 1 N–H and O–H groups in total. The van der Waals surface area contributed by atoms with Crippen LogP contribution in [0.25, 0.3) is 0 Å². The predicted molar refractivity (Wildman–Crippen MR) is 99.0 cm³/mol. The van der Waals surface area contributed by atoms with Crippen molar-refractivity contribution in [2.24, 2.45) is 11.8 Å². The van der Waals surface area contributed by atoms with Crippen molar-refractivity contribution in [2.45, 2.75) is 40.2 Å². The van der Waals surface area contributed by atoms with Gasteiger partial charge in [-0.1, -0.05) is 39.8 Å². The molecule has 3 amide bonds. The summed E-state index contributed by atoms with van der Waals surface area (Å²) in [5.74, 6) is -2.12. The number of esters is 1. The van der Waals surface area contributed by atoms with E-state index in [1.807, 2.05) is 13.8 Å². The van der Waals surface area contributed by atoms with Crippen molar-refractivity contribution in [2.75, 3.05) is 13.2 Å². The molecule has 0 saturated carbocycles. The Labute approximate surface area is 159 Å². The third-order valence-corrected chi connectivity index (χ3v) is 4.37. The van der Waals surface area contributed by atoms with Gasteiger partial charge in [-0.25, -0.2) is 4.79 Å². The topological polar surface area (TPSA) is 92.8 Å². The highest BCUT2D eigenvalue weighted by Gasteiger charge is 2.44. The number of hydrogen-bond acceptors (Lipinski definition) is 5. The molecule has 7 nitrogen and oxygen atoms in total. The zero-order valence-corrected chi connectivity index (χ0v) is 16.2. The number of carbonyl (C=O) groups is 4. The summed E-state index contributed by atoms with van der Waals surface area (Å²) in [5.41, 5.74) is 0.541. The van der Waals surface area contributed by atoms with Crippen LogP contribution in [0, 0.1) is 11.8 Å². The molecule has 7 heteroatoms. The van der Waals surface area contributed by atoms with Crippen LogP contribution in [0.3, 0.4) is 0 Å². The molecule has 0 aliphatic carbocycles. The highest BCUT2D eigenvalue weighted by atomic mass is 16.5. The molecule has 1 atom stereocenters. The highest BCUT2D eigenvalue weighted by molar-refractivity contribution is 6.22. The first-order valence-electron chi connectivity index (χ1n) is 9.14. The van der Waals surface area contributed by atoms with Crippen molar-refractivity contribution < 1.29 is 23.9 Å². The molecule has 1 heterocycles. The van der Waals surface area contributed by atoms with Crippen molar-refractivity contribution >= 4 is 23.7 Å². The second-order valence-electron chi connectivity index (χ2n) is 7.35. The van der Waals surface area contributed by atoms with Crippen LogP contribution >= 0.6 is 0 Å². The Morgan fingerprint density at radius 1 is 1.04 bits per heavy atom.